The maximum atomic E-state index is 13.2. The smallest absolute Gasteiger partial charge is 0.224 e. The van der Waals surface area contributed by atoms with E-state index in [9.17, 15) is 9.18 Å². The van der Waals surface area contributed by atoms with Crippen LogP contribution in [-0.4, -0.2) is 13.0 Å². The lowest BCUT2D eigenvalue weighted by atomic mass is 10.3. The molecule has 78 valence electrons. The molecule has 0 radical (unpaired) electrons. The van der Waals surface area contributed by atoms with Crippen LogP contribution in [0.15, 0.2) is 18.2 Å². The molecule has 0 saturated heterocycles. The Kier molecular flexibility index (Phi) is 3.45. The Morgan fingerprint density at radius 3 is 2.86 bits per heavy atom. The zero-order chi connectivity index (χ0) is 10.6. The molecule has 0 unspecified atom stereocenters. The van der Waals surface area contributed by atoms with E-state index in [-0.39, 0.29) is 13.0 Å². The number of benzene rings is 1. The summed E-state index contributed by atoms with van der Waals surface area (Å²) < 4.78 is 18.1. The van der Waals surface area contributed by atoms with Gasteiger partial charge in [0.2, 0.25) is 5.91 Å². The Balaban J connectivity index is 0.00000196. The van der Waals surface area contributed by atoms with Gasteiger partial charge in [0.15, 0.2) is 0 Å². The van der Waals surface area contributed by atoms with Crippen molar-refractivity contribution in [2.45, 2.75) is 13.3 Å². The Morgan fingerprint density at radius 1 is 1.64 bits per heavy atom. The van der Waals surface area contributed by atoms with E-state index < -0.39 is 5.82 Å². The number of carbonyl (C=O) groups is 1. The van der Waals surface area contributed by atoms with Gasteiger partial charge < -0.3 is 10.1 Å². The van der Waals surface area contributed by atoms with Crippen molar-refractivity contribution in [1.82, 2.24) is 0 Å². The van der Waals surface area contributed by atoms with Gasteiger partial charge in [-0.2, -0.15) is 0 Å². The SMILES string of the molecule is CCC(=O)Nc1ccc(OC)cc1F.[HH]. The van der Waals surface area contributed by atoms with Crippen LogP contribution in [-0.2, 0) is 4.79 Å². The lowest BCUT2D eigenvalue weighted by Crippen LogP contribution is -2.10. The predicted octanol–water partition coefficient (Wildman–Crippen LogP) is 2.43. The Labute approximate surface area is 83.4 Å². The second-order valence-corrected chi connectivity index (χ2v) is 2.75. The second-order valence-electron chi connectivity index (χ2n) is 2.75. The van der Waals surface area contributed by atoms with E-state index in [2.05, 4.69) is 5.32 Å². The zero-order valence-electron chi connectivity index (χ0n) is 8.13. The monoisotopic (exact) mass is 199 g/mol. The first-order valence-electron chi connectivity index (χ1n) is 4.30. The van der Waals surface area contributed by atoms with Crippen LogP contribution in [0, 0.1) is 5.82 Å². The maximum absolute atomic E-state index is 13.2. The summed E-state index contributed by atoms with van der Waals surface area (Å²) in [5, 5.41) is 2.44. The summed E-state index contributed by atoms with van der Waals surface area (Å²) in [6.07, 6.45) is 0.325. The third-order valence-corrected chi connectivity index (χ3v) is 1.77. The van der Waals surface area contributed by atoms with Crippen molar-refractivity contribution in [3.63, 3.8) is 0 Å². The highest BCUT2D eigenvalue weighted by Gasteiger charge is 2.05. The standard InChI is InChI=1S/C10H12FNO2.H2/c1-3-10(13)12-9-5-4-7(14-2)6-8(9)11;/h4-6H,3H2,1-2H3,(H,12,13);1H. The number of nitrogens with one attached hydrogen (secondary N) is 1. The van der Waals surface area contributed by atoms with Gasteiger partial charge in [-0.3, -0.25) is 4.79 Å². The van der Waals surface area contributed by atoms with Crippen LogP contribution < -0.4 is 10.1 Å². The van der Waals surface area contributed by atoms with Crippen LogP contribution >= 0.6 is 0 Å². The Morgan fingerprint density at radius 2 is 2.36 bits per heavy atom. The molecule has 1 rings (SSSR count). The molecule has 0 aliphatic carbocycles. The van der Waals surface area contributed by atoms with Gasteiger partial charge in [0.05, 0.1) is 12.8 Å². The minimum absolute atomic E-state index is 0. The number of hydrogen-bond acceptors (Lipinski definition) is 2. The molecule has 0 aliphatic rings. The topological polar surface area (TPSA) is 38.3 Å². The van der Waals surface area contributed by atoms with E-state index in [4.69, 9.17) is 4.74 Å². The highest BCUT2D eigenvalue weighted by atomic mass is 19.1. The van der Waals surface area contributed by atoms with Gasteiger partial charge >= 0.3 is 0 Å². The molecule has 0 bridgehead atoms. The molecular formula is C10H14FNO2. The molecule has 0 atom stereocenters. The molecule has 4 heteroatoms. The van der Waals surface area contributed by atoms with E-state index in [0.717, 1.165) is 0 Å². The van der Waals surface area contributed by atoms with Gasteiger partial charge in [0, 0.05) is 13.9 Å². The molecule has 0 fully saturated rings. The van der Waals surface area contributed by atoms with Crippen molar-refractivity contribution in [2.24, 2.45) is 0 Å². The van der Waals surface area contributed by atoms with Crippen molar-refractivity contribution in [2.75, 3.05) is 12.4 Å². The van der Waals surface area contributed by atoms with Crippen molar-refractivity contribution in [3.8, 4) is 5.75 Å². The van der Waals surface area contributed by atoms with Crippen molar-refractivity contribution >= 4 is 11.6 Å². The molecule has 1 aromatic carbocycles. The van der Waals surface area contributed by atoms with Crippen molar-refractivity contribution in [3.05, 3.63) is 24.0 Å². The number of carbonyl (C=O) groups excluding carboxylic acids is 1. The molecule has 1 aromatic rings. The summed E-state index contributed by atoms with van der Waals surface area (Å²) in [6.45, 7) is 1.71. The minimum Gasteiger partial charge on any atom is -0.497 e. The van der Waals surface area contributed by atoms with Crippen LogP contribution in [0.5, 0.6) is 5.75 Å². The van der Waals surface area contributed by atoms with E-state index in [0.29, 0.717) is 12.2 Å². The van der Waals surface area contributed by atoms with Gasteiger partial charge in [0.25, 0.3) is 0 Å². The lowest BCUT2D eigenvalue weighted by Gasteiger charge is -2.06. The fourth-order valence-electron chi connectivity index (χ4n) is 0.963. The summed E-state index contributed by atoms with van der Waals surface area (Å²) in [7, 11) is 1.46. The summed E-state index contributed by atoms with van der Waals surface area (Å²) in [4.78, 5) is 11.0. The maximum Gasteiger partial charge on any atom is 0.224 e. The number of rotatable bonds is 3. The largest absolute Gasteiger partial charge is 0.497 e. The first-order valence-corrected chi connectivity index (χ1v) is 4.30. The molecule has 14 heavy (non-hydrogen) atoms. The van der Waals surface area contributed by atoms with E-state index in [1.54, 1.807) is 13.0 Å². The summed E-state index contributed by atoms with van der Waals surface area (Å²) in [5.41, 5.74) is 0.178. The molecule has 0 aromatic heterocycles. The zero-order valence-corrected chi connectivity index (χ0v) is 8.13. The van der Waals surface area contributed by atoms with Crippen LogP contribution in [0.2, 0.25) is 0 Å². The van der Waals surface area contributed by atoms with Crippen LogP contribution in [0.25, 0.3) is 0 Å². The number of halogens is 1. The molecule has 0 heterocycles. The average molecular weight is 199 g/mol. The van der Waals surface area contributed by atoms with Crippen LogP contribution in [0.1, 0.15) is 14.8 Å². The van der Waals surface area contributed by atoms with Gasteiger partial charge in [-0.15, -0.1) is 0 Å². The van der Waals surface area contributed by atoms with Gasteiger partial charge in [-0.05, 0) is 12.1 Å². The normalized spacial score (nSPS) is 9.64. The second kappa shape index (κ2) is 4.60. The van der Waals surface area contributed by atoms with Gasteiger partial charge in [0.1, 0.15) is 11.6 Å². The van der Waals surface area contributed by atoms with Crippen molar-refractivity contribution in [1.29, 1.82) is 0 Å². The molecule has 1 N–H and O–H groups in total. The van der Waals surface area contributed by atoms with E-state index >= 15 is 0 Å². The van der Waals surface area contributed by atoms with Gasteiger partial charge in [-0.25, -0.2) is 4.39 Å². The summed E-state index contributed by atoms with van der Waals surface area (Å²) >= 11 is 0. The van der Waals surface area contributed by atoms with Crippen LogP contribution in [0.3, 0.4) is 0 Å². The number of methoxy groups -OCH3 is 1. The molecular weight excluding hydrogens is 185 g/mol. The number of amides is 1. The average Bonchev–Trinajstić information content (AvgIpc) is 2.20. The fraction of sp³-hybridized carbons (Fsp3) is 0.300. The van der Waals surface area contributed by atoms with E-state index in [1.165, 1.54) is 19.2 Å². The molecule has 0 aliphatic heterocycles. The number of anilines is 1. The highest BCUT2D eigenvalue weighted by molar-refractivity contribution is 5.90. The van der Waals surface area contributed by atoms with Gasteiger partial charge in [-0.1, -0.05) is 6.92 Å². The lowest BCUT2D eigenvalue weighted by molar-refractivity contribution is -0.115. The minimum atomic E-state index is -0.494. The third kappa shape index (κ3) is 2.45. The first kappa shape index (κ1) is 10.5. The molecule has 0 spiro atoms. The number of hydrogen-bond donors (Lipinski definition) is 1. The number of ether oxygens (including phenoxy) is 1. The van der Waals surface area contributed by atoms with Crippen LogP contribution in [0.4, 0.5) is 10.1 Å². The fourth-order valence-corrected chi connectivity index (χ4v) is 0.963. The Hall–Kier alpha value is -1.58. The molecule has 1 amide bonds. The summed E-state index contributed by atoms with van der Waals surface area (Å²) in [6, 6.07) is 4.29. The predicted molar refractivity (Wildman–Crippen MR) is 54.0 cm³/mol. The highest BCUT2D eigenvalue weighted by Crippen LogP contribution is 2.20. The molecule has 0 saturated carbocycles. The first-order chi connectivity index (χ1) is 6.67. The van der Waals surface area contributed by atoms with E-state index in [1.807, 2.05) is 0 Å². The quantitative estimate of drug-likeness (QED) is 0.811. The Bertz CT molecular complexity index is 344. The third-order valence-electron chi connectivity index (χ3n) is 1.77. The van der Waals surface area contributed by atoms with Crippen molar-refractivity contribution < 1.29 is 15.3 Å². The summed E-state index contributed by atoms with van der Waals surface area (Å²) in [5.74, 6) is -0.280. The molecule has 3 nitrogen and oxygen atoms in total.